The molecule has 2 heterocycles. The smallest absolute Gasteiger partial charge is 0.255 e. The number of anilines is 1. The van der Waals surface area contributed by atoms with Crippen LogP contribution in [0.25, 0.3) is 0 Å². The molecule has 0 N–H and O–H groups in total. The molecule has 0 saturated carbocycles. The van der Waals surface area contributed by atoms with Crippen LogP contribution in [0, 0.1) is 23.5 Å². The third-order valence-electron chi connectivity index (χ3n) is 4.18. The number of carbonyl (C=O) groups excluding carboxylic acids is 1. The monoisotopic (exact) mass is 387 g/mol. The fourth-order valence-electron chi connectivity index (χ4n) is 2.90. The van der Waals surface area contributed by atoms with Gasteiger partial charge in [-0.05, 0) is 18.6 Å². The van der Waals surface area contributed by atoms with Gasteiger partial charge in [0.05, 0.1) is 10.6 Å². The van der Waals surface area contributed by atoms with E-state index in [1.54, 1.807) is 24.3 Å². The van der Waals surface area contributed by atoms with Crippen molar-refractivity contribution in [2.45, 2.75) is 6.42 Å². The molecular formula is C17H14ClF4N3O. The Morgan fingerprint density at radius 2 is 1.62 bits per heavy atom. The van der Waals surface area contributed by atoms with Gasteiger partial charge in [-0.25, -0.2) is 0 Å². The molecule has 1 aliphatic heterocycles. The van der Waals surface area contributed by atoms with Crippen LogP contribution in [0.1, 0.15) is 16.8 Å². The maximum Gasteiger partial charge on any atom is 0.255 e. The third-order valence-corrected chi connectivity index (χ3v) is 4.51. The number of halogens is 5. The van der Waals surface area contributed by atoms with Crippen molar-refractivity contribution in [1.82, 2.24) is 9.88 Å². The van der Waals surface area contributed by atoms with Crippen LogP contribution in [0.4, 0.5) is 23.2 Å². The number of benzene rings is 1. The number of pyridine rings is 1. The first-order valence-electron chi connectivity index (χ1n) is 7.89. The summed E-state index contributed by atoms with van der Waals surface area (Å²) in [5, 5.41) is 0.300. The maximum absolute atomic E-state index is 13.9. The van der Waals surface area contributed by atoms with Crippen LogP contribution in [0.3, 0.4) is 0 Å². The summed E-state index contributed by atoms with van der Waals surface area (Å²) in [7, 11) is 0. The average Bonchev–Trinajstić information content (AvgIpc) is 2.86. The van der Waals surface area contributed by atoms with Gasteiger partial charge in [-0.2, -0.15) is 22.5 Å². The van der Waals surface area contributed by atoms with Crippen molar-refractivity contribution in [1.29, 1.82) is 0 Å². The van der Waals surface area contributed by atoms with Crippen molar-refractivity contribution in [3.8, 4) is 0 Å². The first kappa shape index (κ1) is 18.4. The lowest BCUT2D eigenvalue weighted by atomic mass is 10.2. The maximum atomic E-state index is 13.9. The van der Waals surface area contributed by atoms with Gasteiger partial charge in [-0.15, -0.1) is 0 Å². The Balaban J connectivity index is 1.82. The van der Waals surface area contributed by atoms with Crippen LogP contribution in [-0.4, -0.2) is 42.0 Å². The molecule has 138 valence electrons. The molecule has 2 aromatic rings. The molecule has 0 spiro atoms. The summed E-state index contributed by atoms with van der Waals surface area (Å²) in [4.78, 5) is 17.8. The number of amides is 1. The van der Waals surface area contributed by atoms with E-state index >= 15 is 0 Å². The van der Waals surface area contributed by atoms with Crippen LogP contribution >= 0.6 is 11.6 Å². The Kier molecular flexibility index (Phi) is 5.31. The average molecular weight is 388 g/mol. The van der Waals surface area contributed by atoms with Gasteiger partial charge in [-0.1, -0.05) is 23.7 Å². The molecule has 1 saturated heterocycles. The van der Waals surface area contributed by atoms with E-state index in [1.165, 1.54) is 9.80 Å². The molecule has 0 atom stereocenters. The molecule has 26 heavy (non-hydrogen) atoms. The van der Waals surface area contributed by atoms with Gasteiger partial charge < -0.3 is 9.80 Å². The second kappa shape index (κ2) is 7.49. The molecule has 0 bridgehead atoms. The Morgan fingerprint density at radius 3 is 2.27 bits per heavy atom. The number of hydrogen-bond donors (Lipinski definition) is 0. The summed E-state index contributed by atoms with van der Waals surface area (Å²) in [5.41, 5.74) is -0.483. The zero-order valence-corrected chi connectivity index (χ0v) is 14.2. The zero-order chi connectivity index (χ0) is 18.8. The number of nitrogens with zero attached hydrogens (tertiary/aromatic N) is 3. The van der Waals surface area contributed by atoms with Gasteiger partial charge in [0, 0.05) is 26.2 Å². The standard InChI is InChI=1S/C17H14ClF4N3O/c18-11-5-2-1-4-10(11)17(26)25-7-3-6-24(8-9-25)14-12(19)15(21)23-16(22)13(14)20/h1-2,4-5H,3,6-9H2. The lowest BCUT2D eigenvalue weighted by Crippen LogP contribution is -2.36. The van der Waals surface area contributed by atoms with E-state index < -0.39 is 29.2 Å². The van der Waals surface area contributed by atoms with Gasteiger partial charge in [0.2, 0.25) is 11.6 Å². The highest BCUT2D eigenvalue weighted by Gasteiger charge is 2.28. The zero-order valence-electron chi connectivity index (χ0n) is 13.5. The fraction of sp³-hybridized carbons (Fsp3) is 0.294. The molecule has 1 amide bonds. The molecule has 1 fully saturated rings. The first-order valence-corrected chi connectivity index (χ1v) is 8.26. The van der Waals surface area contributed by atoms with Gasteiger partial charge in [0.25, 0.3) is 17.8 Å². The minimum Gasteiger partial charge on any atom is -0.365 e. The Morgan fingerprint density at radius 1 is 0.962 bits per heavy atom. The number of carbonyl (C=O) groups is 1. The Hall–Kier alpha value is -2.35. The summed E-state index contributed by atoms with van der Waals surface area (Å²) in [6.07, 6.45) is 0.362. The molecule has 9 heteroatoms. The second-order valence-electron chi connectivity index (χ2n) is 5.78. The molecule has 1 aliphatic rings. The van der Waals surface area contributed by atoms with E-state index in [2.05, 4.69) is 4.98 Å². The summed E-state index contributed by atoms with van der Waals surface area (Å²) in [6.45, 7) is 0.574. The van der Waals surface area contributed by atoms with Crippen LogP contribution in [0.2, 0.25) is 5.02 Å². The fourth-order valence-corrected chi connectivity index (χ4v) is 3.12. The quantitative estimate of drug-likeness (QED) is 0.583. The van der Waals surface area contributed by atoms with Crippen molar-refractivity contribution in [2.75, 3.05) is 31.1 Å². The SMILES string of the molecule is O=C(c1ccccc1Cl)N1CCCN(c2c(F)c(F)nc(F)c2F)CC1. The van der Waals surface area contributed by atoms with E-state index in [9.17, 15) is 22.4 Å². The Labute approximate surface area is 152 Å². The highest BCUT2D eigenvalue weighted by molar-refractivity contribution is 6.33. The summed E-state index contributed by atoms with van der Waals surface area (Å²) in [5.74, 6) is -6.81. The highest BCUT2D eigenvalue weighted by atomic mass is 35.5. The largest absolute Gasteiger partial charge is 0.365 e. The summed E-state index contributed by atoms with van der Waals surface area (Å²) in [6, 6.07) is 6.55. The van der Waals surface area contributed by atoms with E-state index in [4.69, 9.17) is 11.6 Å². The third kappa shape index (κ3) is 3.46. The van der Waals surface area contributed by atoms with Crippen molar-refractivity contribution in [3.63, 3.8) is 0 Å². The number of aromatic nitrogens is 1. The van der Waals surface area contributed by atoms with Crippen LogP contribution < -0.4 is 4.90 Å². The molecule has 0 aliphatic carbocycles. The number of rotatable bonds is 2. The summed E-state index contributed by atoms with van der Waals surface area (Å²) < 4.78 is 54.6. The van der Waals surface area contributed by atoms with Crippen molar-refractivity contribution < 1.29 is 22.4 Å². The van der Waals surface area contributed by atoms with Crippen LogP contribution in [-0.2, 0) is 0 Å². The molecule has 4 nitrogen and oxygen atoms in total. The van der Waals surface area contributed by atoms with Gasteiger partial charge in [0.15, 0.2) is 0 Å². The topological polar surface area (TPSA) is 36.4 Å². The Bertz CT molecular complexity index is 823. The lowest BCUT2D eigenvalue weighted by Gasteiger charge is -2.24. The molecular weight excluding hydrogens is 374 g/mol. The van der Waals surface area contributed by atoms with E-state index in [0.29, 0.717) is 23.6 Å². The molecule has 0 radical (unpaired) electrons. The minimum atomic E-state index is -1.70. The van der Waals surface area contributed by atoms with Gasteiger partial charge >= 0.3 is 0 Å². The lowest BCUT2D eigenvalue weighted by molar-refractivity contribution is 0.0767. The molecule has 1 aromatic carbocycles. The second-order valence-corrected chi connectivity index (χ2v) is 6.19. The number of hydrogen-bond acceptors (Lipinski definition) is 3. The van der Waals surface area contributed by atoms with E-state index in [-0.39, 0.29) is 25.5 Å². The summed E-state index contributed by atoms with van der Waals surface area (Å²) >= 11 is 6.03. The predicted molar refractivity (Wildman–Crippen MR) is 88.3 cm³/mol. The normalized spacial score (nSPS) is 15.1. The minimum absolute atomic E-state index is 0.00687. The van der Waals surface area contributed by atoms with Crippen molar-refractivity contribution in [2.24, 2.45) is 0 Å². The van der Waals surface area contributed by atoms with Gasteiger partial charge in [0.1, 0.15) is 5.69 Å². The van der Waals surface area contributed by atoms with Crippen LogP contribution in [0.15, 0.2) is 24.3 Å². The van der Waals surface area contributed by atoms with Crippen molar-refractivity contribution >= 4 is 23.2 Å². The first-order chi connectivity index (χ1) is 12.4. The van der Waals surface area contributed by atoms with E-state index in [1.807, 2.05) is 0 Å². The predicted octanol–water partition coefficient (Wildman–Crippen LogP) is 3.64. The van der Waals surface area contributed by atoms with Crippen molar-refractivity contribution in [3.05, 3.63) is 58.4 Å². The molecule has 3 rings (SSSR count). The van der Waals surface area contributed by atoms with Crippen LogP contribution in [0.5, 0.6) is 0 Å². The van der Waals surface area contributed by atoms with Gasteiger partial charge in [-0.3, -0.25) is 4.79 Å². The molecule has 0 unspecified atom stereocenters. The highest BCUT2D eigenvalue weighted by Crippen LogP contribution is 2.27. The van der Waals surface area contributed by atoms with E-state index in [0.717, 1.165) is 0 Å². The molecule has 1 aromatic heterocycles.